The second-order valence-electron chi connectivity index (χ2n) is 3.43. The van der Waals surface area contributed by atoms with Gasteiger partial charge in [-0.1, -0.05) is 13.0 Å². The highest BCUT2D eigenvalue weighted by Crippen LogP contribution is 2.09. The van der Waals surface area contributed by atoms with Crippen molar-refractivity contribution in [1.29, 1.82) is 0 Å². The summed E-state index contributed by atoms with van der Waals surface area (Å²) in [4.78, 5) is 0. The van der Waals surface area contributed by atoms with Gasteiger partial charge < -0.3 is 5.32 Å². The van der Waals surface area contributed by atoms with Crippen molar-refractivity contribution in [2.45, 2.75) is 32.9 Å². The first-order chi connectivity index (χ1) is 6.63. The maximum absolute atomic E-state index is 13.1. The Morgan fingerprint density at radius 3 is 2.64 bits per heavy atom. The van der Waals surface area contributed by atoms with E-state index < -0.39 is 11.6 Å². The highest BCUT2D eigenvalue weighted by Gasteiger charge is 2.04. The molecule has 0 fully saturated rings. The van der Waals surface area contributed by atoms with Crippen LogP contribution in [0.2, 0.25) is 0 Å². The standard InChI is InChI=1S/C11H15F2N/c1-3-8(2)14-7-9-4-5-10(12)6-11(9)13/h4-6,8,14H,3,7H2,1-2H3/t8-/m0/s1. The molecule has 0 aromatic heterocycles. The molecule has 78 valence electrons. The van der Waals surface area contributed by atoms with Crippen LogP contribution >= 0.6 is 0 Å². The third-order valence-corrected chi connectivity index (χ3v) is 2.27. The summed E-state index contributed by atoms with van der Waals surface area (Å²) in [5.74, 6) is -1.02. The van der Waals surface area contributed by atoms with Gasteiger partial charge in [0.15, 0.2) is 0 Å². The van der Waals surface area contributed by atoms with Gasteiger partial charge in [-0.3, -0.25) is 0 Å². The van der Waals surface area contributed by atoms with Crippen molar-refractivity contribution < 1.29 is 8.78 Å². The first kappa shape index (κ1) is 11.1. The molecule has 14 heavy (non-hydrogen) atoms. The van der Waals surface area contributed by atoms with Gasteiger partial charge >= 0.3 is 0 Å². The van der Waals surface area contributed by atoms with Gasteiger partial charge in [-0.15, -0.1) is 0 Å². The summed E-state index contributed by atoms with van der Waals surface area (Å²) < 4.78 is 25.7. The summed E-state index contributed by atoms with van der Waals surface area (Å²) in [6, 6.07) is 4.00. The van der Waals surface area contributed by atoms with Gasteiger partial charge in [0, 0.05) is 24.2 Å². The Hall–Kier alpha value is -0.960. The highest BCUT2D eigenvalue weighted by atomic mass is 19.1. The molecule has 1 aromatic rings. The molecule has 0 radical (unpaired) electrons. The molecule has 0 aliphatic carbocycles. The summed E-state index contributed by atoms with van der Waals surface area (Å²) in [7, 11) is 0. The lowest BCUT2D eigenvalue weighted by Crippen LogP contribution is -2.24. The minimum atomic E-state index is -0.533. The van der Waals surface area contributed by atoms with Crippen LogP contribution in [0.25, 0.3) is 0 Å². The van der Waals surface area contributed by atoms with E-state index in [9.17, 15) is 8.78 Å². The topological polar surface area (TPSA) is 12.0 Å². The molecule has 1 rings (SSSR count). The Labute approximate surface area is 83.1 Å². The van der Waals surface area contributed by atoms with Gasteiger partial charge in [-0.2, -0.15) is 0 Å². The van der Waals surface area contributed by atoms with E-state index in [1.54, 1.807) is 0 Å². The summed E-state index contributed by atoms with van der Waals surface area (Å²) in [5.41, 5.74) is 0.506. The van der Waals surface area contributed by atoms with Crippen molar-refractivity contribution >= 4 is 0 Å². The lowest BCUT2D eigenvalue weighted by Gasteiger charge is -2.11. The van der Waals surface area contributed by atoms with Crippen molar-refractivity contribution in [3.05, 3.63) is 35.4 Å². The highest BCUT2D eigenvalue weighted by molar-refractivity contribution is 5.18. The van der Waals surface area contributed by atoms with Crippen LogP contribution in [0.4, 0.5) is 8.78 Å². The maximum Gasteiger partial charge on any atom is 0.130 e. The van der Waals surface area contributed by atoms with Crippen molar-refractivity contribution in [2.24, 2.45) is 0 Å². The second-order valence-corrected chi connectivity index (χ2v) is 3.43. The molecule has 0 amide bonds. The molecule has 0 saturated heterocycles. The smallest absolute Gasteiger partial charge is 0.130 e. The van der Waals surface area contributed by atoms with Gasteiger partial charge in [-0.05, 0) is 19.4 Å². The van der Waals surface area contributed by atoms with E-state index in [1.807, 2.05) is 6.92 Å². The molecule has 1 N–H and O–H groups in total. The van der Waals surface area contributed by atoms with Gasteiger partial charge in [-0.25, -0.2) is 8.78 Å². The zero-order chi connectivity index (χ0) is 10.6. The lowest BCUT2D eigenvalue weighted by atomic mass is 10.2. The van der Waals surface area contributed by atoms with Crippen LogP contribution in [0.5, 0.6) is 0 Å². The Morgan fingerprint density at radius 1 is 1.36 bits per heavy atom. The molecule has 0 aliphatic rings. The average Bonchev–Trinajstić information content (AvgIpc) is 2.16. The van der Waals surface area contributed by atoms with Crippen LogP contribution in [0, 0.1) is 11.6 Å². The zero-order valence-electron chi connectivity index (χ0n) is 8.48. The molecular weight excluding hydrogens is 184 g/mol. The minimum absolute atomic E-state index is 0.347. The van der Waals surface area contributed by atoms with Crippen LogP contribution in [0.15, 0.2) is 18.2 Å². The fraction of sp³-hybridized carbons (Fsp3) is 0.455. The summed E-state index contributed by atoms with van der Waals surface area (Å²) in [6.45, 7) is 4.53. The van der Waals surface area contributed by atoms with Crippen molar-refractivity contribution in [3.8, 4) is 0 Å². The molecule has 0 heterocycles. The largest absolute Gasteiger partial charge is 0.310 e. The van der Waals surface area contributed by atoms with E-state index in [-0.39, 0.29) is 0 Å². The Kier molecular flexibility index (Phi) is 4.01. The molecule has 0 spiro atoms. The van der Waals surface area contributed by atoms with E-state index in [2.05, 4.69) is 12.2 Å². The summed E-state index contributed by atoms with van der Waals surface area (Å²) >= 11 is 0. The van der Waals surface area contributed by atoms with Crippen LogP contribution < -0.4 is 5.32 Å². The van der Waals surface area contributed by atoms with Crippen molar-refractivity contribution in [2.75, 3.05) is 0 Å². The van der Waals surface area contributed by atoms with Gasteiger partial charge in [0.05, 0.1) is 0 Å². The first-order valence-corrected chi connectivity index (χ1v) is 4.80. The third-order valence-electron chi connectivity index (χ3n) is 2.27. The summed E-state index contributed by atoms with van der Waals surface area (Å²) in [5, 5.41) is 3.15. The zero-order valence-corrected chi connectivity index (χ0v) is 8.48. The Morgan fingerprint density at radius 2 is 2.07 bits per heavy atom. The van der Waals surface area contributed by atoms with Gasteiger partial charge in [0.1, 0.15) is 11.6 Å². The molecule has 0 bridgehead atoms. The normalized spacial score (nSPS) is 12.9. The minimum Gasteiger partial charge on any atom is -0.310 e. The second kappa shape index (κ2) is 5.05. The number of benzene rings is 1. The fourth-order valence-electron chi connectivity index (χ4n) is 1.09. The van der Waals surface area contributed by atoms with Crippen LogP contribution in [0.1, 0.15) is 25.8 Å². The molecule has 0 aliphatic heterocycles. The fourth-order valence-corrected chi connectivity index (χ4v) is 1.09. The number of rotatable bonds is 4. The number of hydrogen-bond donors (Lipinski definition) is 1. The predicted molar refractivity (Wildman–Crippen MR) is 53.0 cm³/mol. The predicted octanol–water partition coefficient (Wildman–Crippen LogP) is 2.85. The third kappa shape index (κ3) is 3.07. The molecule has 1 aromatic carbocycles. The SMILES string of the molecule is CC[C@H](C)NCc1ccc(F)cc1F. The van der Waals surface area contributed by atoms with Crippen molar-refractivity contribution in [1.82, 2.24) is 5.32 Å². The lowest BCUT2D eigenvalue weighted by molar-refractivity contribution is 0.512. The maximum atomic E-state index is 13.1. The van der Waals surface area contributed by atoms with E-state index in [1.165, 1.54) is 12.1 Å². The monoisotopic (exact) mass is 199 g/mol. The van der Waals surface area contributed by atoms with Crippen LogP contribution in [-0.2, 0) is 6.54 Å². The summed E-state index contributed by atoms with van der Waals surface area (Å²) in [6.07, 6.45) is 0.989. The quantitative estimate of drug-likeness (QED) is 0.786. The van der Waals surface area contributed by atoms with E-state index in [4.69, 9.17) is 0 Å². The first-order valence-electron chi connectivity index (χ1n) is 4.80. The Balaban J connectivity index is 2.59. The van der Waals surface area contributed by atoms with E-state index in [0.717, 1.165) is 12.5 Å². The van der Waals surface area contributed by atoms with Gasteiger partial charge in [0.25, 0.3) is 0 Å². The molecule has 3 heteroatoms. The number of hydrogen-bond acceptors (Lipinski definition) is 1. The van der Waals surface area contributed by atoms with E-state index >= 15 is 0 Å². The average molecular weight is 199 g/mol. The van der Waals surface area contributed by atoms with Crippen LogP contribution in [-0.4, -0.2) is 6.04 Å². The van der Waals surface area contributed by atoms with Gasteiger partial charge in [0.2, 0.25) is 0 Å². The van der Waals surface area contributed by atoms with Crippen molar-refractivity contribution in [3.63, 3.8) is 0 Å². The molecule has 0 saturated carbocycles. The molecule has 1 nitrogen and oxygen atoms in total. The number of halogens is 2. The molecular formula is C11H15F2N. The Bertz CT molecular complexity index is 299. The molecule has 0 unspecified atom stereocenters. The molecule has 1 atom stereocenters. The number of nitrogens with one attached hydrogen (secondary N) is 1. The van der Waals surface area contributed by atoms with E-state index in [0.29, 0.717) is 18.2 Å². The van der Waals surface area contributed by atoms with Crippen LogP contribution in [0.3, 0.4) is 0 Å².